The lowest BCUT2D eigenvalue weighted by Crippen LogP contribution is -2.13. The van der Waals surface area contributed by atoms with Crippen LogP contribution in [-0.2, 0) is 0 Å². The van der Waals surface area contributed by atoms with Gasteiger partial charge < -0.3 is 5.43 Å². The molecule has 1 unspecified atom stereocenters. The van der Waals surface area contributed by atoms with E-state index in [2.05, 4.69) is 18.7 Å². The molecule has 0 aromatic rings. The summed E-state index contributed by atoms with van der Waals surface area (Å²) in [5.41, 5.74) is 2.50. The zero-order valence-electron chi connectivity index (χ0n) is 5.65. The van der Waals surface area contributed by atoms with Gasteiger partial charge in [0.25, 0.3) is 0 Å². The van der Waals surface area contributed by atoms with Gasteiger partial charge in [-0.15, -0.1) is 6.58 Å². The van der Waals surface area contributed by atoms with Crippen LogP contribution >= 0.6 is 8.58 Å². The van der Waals surface area contributed by atoms with E-state index in [4.69, 9.17) is 5.84 Å². The lowest BCUT2D eigenvalue weighted by molar-refractivity contribution is 0.957. The summed E-state index contributed by atoms with van der Waals surface area (Å²) < 4.78 is 0. The van der Waals surface area contributed by atoms with Crippen LogP contribution in [0.1, 0.15) is 6.42 Å². The molecule has 1 atom stereocenters. The van der Waals surface area contributed by atoms with Crippen molar-refractivity contribution in [3.63, 3.8) is 0 Å². The van der Waals surface area contributed by atoms with E-state index in [0.717, 1.165) is 15.0 Å². The van der Waals surface area contributed by atoms with Crippen molar-refractivity contribution in [1.29, 1.82) is 0 Å². The second-order valence-corrected chi connectivity index (χ2v) is 2.72. The first-order chi connectivity index (χ1) is 4.35. The second-order valence-electron chi connectivity index (χ2n) is 1.58. The molecular formula is C6H13N2P. The molecule has 52 valence electrons. The lowest BCUT2D eigenvalue weighted by Gasteiger charge is -1.98. The number of nitrogens with two attached hydrogens (primary N) is 1. The Morgan fingerprint density at radius 1 is 1.89 bits per heavy atom. The summed E-state index contributed by atoms with van der Waals surface area (Å²) in [6.07, 6.45) is 4.62. The van der Waals surface area contributed by atoms with Crippen LogP contribution in [0.4, 0.5) is 0 Å². The third kappa shape index (κ3) is 4.19. The highest BCUT2D eigenvalue weighted by atomic mass is 31.1. The van der Waals surface area contributed by atoms with Crippen LogP contribution in [0.15, 0.2) is 24.2 Å². The van der Waals surface area contributed by atoms with Crippen molar-refractivity contribution < 1.29 is 0 Å². The van der Waals surface area contributed by atoms with Gasteiger partial charge in [-0.2, -0.15) is 0 Å². The Morgan fingerprint density at radius 2 is 2.56 bits per heavy atom. The Balaban J connectivity index is 3.65. The van der Waals surface area contributed by atoms with Crippen molar-refractivity contribution in [2.24, 2.45) is 5.84 Å². The van der Waals surface area contributed by atoms with E-state index in [0.29, 0.717) is 0 Å². The van der Waals surface area contributed by atoms with Gasteiger partial charge in [-0.25, -0.2) is 0 Å². The summed E-state index contributed by atoms with van der Waals surface area (Å²) in [6, 6.07) is 0. The van der Waals surface area contributed by atoms with E-state index in [9.17, 15) is 0 Å². The Kier molecular flexibility index (Phi) is 5.59. The van der Waals surface area contributed by atoms with Crippen molar-refractivity contribution >= 4 is 8.58 Å². The summed E-state index contributed by atoms with van der Waals surface area (Å²) in [7, 11) is 0.810. The van der Waals surface area contributed by atoms with E-state index in [1.165, 1.54) is 5.31 Å². The standard InChI is InChI=1S/C6H13N2P/c1-3-4-6(9-2)5-8-7/h3,5,8-9H,1,4,7H2,2H3/b6-5-. The summed E-state index contributed by atoms with van der Waals surface area (Å²) in [5, 5.41) is 1.30. The van der Waals surface area contributed by atoms with Gasteiger partial charge in [-0.3, -0.25) is 5.84 Å². The van der Waals surface area contributed by atoms with Gasteiger partial charge in [-0.1, -0.05) is 14.7 Å². The predicted molar refractivity (Wildman–Crippen MR) is 44.5 cm³/mol. The van der Waals surface area contributed by atoms with Crippen LogP contribution in [-0.4, -0.2) is 6.66 Å². The molecule has 0 bridgehead atoms. The predicted octanol–water partition coefficient (Wildman–Crippen LogP) is 1.18. The van der Waals surface area contributed by atoms with Crippen molar-refractivity contribution in [3.05, 3.63) is 24.2 Å². The van der Waals surface area contributed by atoms with Crippen LogP contribution in [0.2, 0.25) is 0 Å². The first kappa shape index (κ1) is 8.67. The molecule has 0 saturated carbocycles. The Bertz CT molecular complexity index is 110. The first-order valence-corrected chi connectivity index (χ1v) is 4.29. The fourth-order valence-electron chi connectivity index (χ4n) is 0.489. The van der Waals surface area contributed by atoms with Crippen molar-refractivity contribution in [2.75, 3.05) is 6.66 Å². The maximum Gasteiger partial charge on any atom is 0.0160 e. The van der Waals surface area contributed by atoms with Crippen molar-refractivity contribution in [2.45, 2.75) is 6.42 Å². The summed E-state index contributed by atoms with van der Waals surface area (Å²) >= 11 is 0. The van der Waals surface area contributed by atoms with Gasteiger partial charge in [0.05, 0.1) is 0 Å². The second kappa shape index (κ2) is 5.80. The molecule has 0 amide bonds. The Labute approximate surface area is 58.0 Å². The molecular weight excluding hydrogens is 131 g/mol. The molecule has 0 aromatic heterocycles. The summed E-state index contributed by atoms with van der Waals surface area (Å²) in [5.74, 6) is 5.08. The number of rotatable bonds is 4. The molecule has 0 aliphatic rings. The van der Waals surface area contributed by atoms with Gasteiger partial charge in [-0.05, 0) is 18.4 Å². The highest BCUT2D eigenvalue weighted by Crippen LogP contribution is 2.21. The minimum Gasteiger partial charge on any atom is -0.331 e. The van der Waals surface area contributed by atoms with E-state index in [-0.39, 0.29) is 0 Å². The average Bonchev–Trinajstić information content (AvgIpc) is 1.88. The Hall–Kier alpha value is -0.330. The maximum absolute atomic E-state index is 5.08. The van der Waals surface area contributed by atoms with Gasteiger partial charge in [0.1, 0.15) is 0 Å². The third-order valence-electron chi connectivity index (χ3n) is 0.943. The molecule has 0 heterocycles. The minimum atomic E-state index is 0.810. The molecule has 0 fully saturated rings. The molecule has 3 heteroatoms. The normalized spacial score (nSPS) is 12.4. The molecule has 0 aromatic carbocycles. The van der Waals surface area contributed by atoms with Crippen molar-refractivity contribution in [1.82, 2.24) is 5.43 Å². The monoisotopic (exact) mass is 144 g/mol. The van der Waals surface area contributed by atoms with E-state index >= 15 is 0 Å². The van der Waals surface area contributed by atoms with Crippen LogP contribution in [0.5, 0.6) is 0 Å². The van der Waals surface area contributed by atoms with E-state index in [1.54, 1.807) is 0 Å². The zero-order valence-corrected chi connectivity index (χ0v) is 6.65. The highest BCUT2D eigenvalue weighted by Gasteiger charge is 1.86. The number of hydrogen-bond donors (Lipinski definition) is 2. The molecule has 2 nitrogen and oxygen atoms in total. The topological polar surface area (TPSA) is 38.0 Å². The van der Waals surface area contributed by atoms with Crippen molar-refractivity contribution in [3.8, 4) is 0 Å². The average molecular weight is 144 g/mol. The lowest BCUT2D eigenvalue weighted by atomic mass is 10.4. The smallest absolute Gasteiger partial charge is 0.0160 e. The Morgan fingerprint density at radius 3 is 2.89 bits per heavy atom. The molecule has 0 aliphatic carbocycles. The van der Waals surface area contributed by atoms with Crippen LogP contribution < -0.4 is 11.3 Å². The largest absolute Gasteiger partial charge is 0.331 e. The zero-order chi connectivity index (χ0) is 7.11. The van der Waals surface area contributed by atoms with Gasteiger partial charge in [0.15, 0.2) is 0 Å². The molecule has 0 rings (SSSR count). The first-order valence-electron chi connectivity index (χ1n) is 2.79. The molecule has 9 heavy (non-hydrogen) atoms. The molecule has 0 saturated heterocycles. The highest BCUT2D eigenvalue weighted by molar-refractivity contribution is 7.42. The van der Waals surface area contributed by atoms with Crippen LogP contribution in [0, 0.1) is 0 Å². The van der Waals surface area contributed by atoms with E-state index in [1.807, 2.05) is 12.3 Å². The fourth-order valence-corrected chi connectivity index (χ4v) is 1.07. The number of hydrogen-bond acceptors (Lipinski definition) is 2. The quantitative estimate of drug-likeness (QED) is 0.269. The fraction of sp³-hybridized carbons (Fsp3) is 0.333. The van der Waals surface area contributed by atoms with Gasteiger partial charge in [0, 0.05) is 6.20 Å². The minimum absolute atomic E-state index is 0.810. The third-order valence-corrected chi connectivity index (χ3v) is 1.93. The molecule has 0 spiro atoms. The molecule has 0 radical (unpaired) electrons. The summed E-state index contributed by atoms with van der Waals surface area (Å²) in [4.78, 5) is 0. The molecule has 0 aliphatic heterocycles. The molecule has 3 N–H and O–H groups in total. The number of hydrazine groups is 1. The van der Waals surface area contributed by atoms with E-state index < -0.39 is 0 Å². The number of allylic oxidation sites excluding steroid dienone is 2. The van der Waals surface area contributed by atoms with Crippen LogP contribution in [0.3, 0.4) is 0 Å². The summed E-state index contributed by atoms with van der Waals surface area (Å²) in [6.45, 7) is 5.74. The van der Waals surface area contributed by atoms with Crippen LogP contribution in [0.25, 0.3) is 0 Å². The maximum atomic E-state index is 5.08. The van der Waals surface area contributed by atoms with Gasteiger partial charge >= 0.3 is 0 Å². The number of nitrogens with one attached hydrogen (secondary N) is 1. The SMILES string of the molecule is C=CC/C(=C/NN)PC. The van der Waals surface area contributed by atoms with Gasteiger partial charge in [0.2, 0.25) is 0 Å².